The molecule has 2 N–H and O–H groups in total. The summed E-state index contributed by atoms with van der Waals surface area (Å²) in [4.78, 5) is 0. The molecule has 12 heavy (non-hydrogen) atoms. The maximum absolute atomic E-state index is 12.7. The lowest BCUT2D eigenvalue weighted by Gasteiger charge is -2.03. The summed E-state index contributed by atoms with van der Waals surface area (Å²) in [5.74, 6) is -0.604. The van der Waals surface area contributed by atoms with E-state index in [0.717, 1.165) is 12.1 Å². The number of halogens is 3. The van der Waals surface area contributed by atoms with Crippen LogP contribution in [-0.2, 0) is 0 Å². The highest BCUT2D eigenvalue weighted by molar-refractivity contribution is 9.10. The van der Waals surface area contributed by atoms with Crippen LogP contribution in [0.5, 0.6) is 0 Å². The summed E-state index contributed by atoms with van der Waals surface area (Å²) in [6.45, 7) is 0. The van der Waals surface area contributed by atoms with E-state index in [1.54, 1.807) is 0 Å². The first-order chi connectivity index (χ1) is 5.52. The molecule has 64 valence electrons. The molecule has 0 aliphatic rings. The van der Waals surface area contributed by atoms with Crippen LogP contribution in [0.1, 0.15) is 0 Å². The lowest BCUT2D eigenvalue weighted by molar-refractivity contribution is 0.425. The third kappa shape index (κ3) is 1.98. The molecule has 0 bridgehead atoms. The summed E-state index contributed by atoms with van der Waals surface area (Å²) < 4.78 is 13.0. The molecule has 1 aromatic carbocycles. The maximum atomic E-state index is 12.7. The molecule has 1 aromatic rings. The van der Waals surface area contributed by atoms with Gasteiger partial charge in [-0.05, 0) is 17.6 Å². The van der Waals surface area contributed by atoms with Gasteiger partial charge in [0, 0.05) is 4.47 Å². The lowest BCUT2D eigenvalue weighted by atomic mass is 9.80. The number of hydrogen-bond acceptors (Lipinski definition) is 2. The fraction of sp³-hybridized carbons (Fsp3) is 0. The monoisotopic (exact) mass is 252 g/mol. The van der Waals surface area contributed by atoms with Gasteiger partial charge in [-0.2, -0.15) is 0 Å². The van der Waals surface area contributed by atoms with Crippen LogP contribution >= 0.6 is 27.5 Å². The van der Waals surface area contributed by atoms with E-state index in [0.29, 0.717) is 0 Å². The zero-order valence-electron chi connectivity index (χ0n) is 5.76. The minimum Gasteiger partial charge on any atom is -0.423 e. The van der Waals surface area contributed by atoms with Gasteiger partial charge >= 0.3 is 7.12 Å². The number of benzene rings is 1. The minimum absolute atomic E-state index is 0.138. The van der Waals surface area contributed by atoms with Crippen LogP contribution in [-0.4, -0.2) is 17.2 Å². The van der Waals surface area contributed by atoms with Gasteiger partial charge in [0.25, 0.3) is 0 Å². The zero-order chi connectivity index (χ0) is 9.30. The first-order valence-corrected chi connectivity index (χ1v) is 4.20. The highest BCUT2D eigenvalue weighted by atomic mass is 79.9. The summed E-state index contributed by atoms with van der Waals surface area (Å²) in [5, 5.41) is 17.4. The molecule has 6 heteroatoms. The standard InChI is InChI=1S/C6H4BBrClFO2/c8-4-2-6(10)5(9)1-3(4)7(11)12/h1-2,11-12H. The molecule has 0 unspecified atom stereocenters. The quantitative estimate of drug-likeness (QED) is 0.577. The van der Waals surface area contributed by atoms with E-state index in [1.165, 1.54) is 0 Å². The van der Waals surface area contributed by atoms with Crippen molar-refractivity contribution in [2.75, 3.05) is 0 Å². The van der Waals surface area contributed by atoms with Crippen LogP contribution < -0.4 is 5.46 Å². The second kappa shape index (κ2) is 3.74. The average molecular weight is 253 g/mol. The molecule has 0 heterocycles. The van der Waals surface area contributed by atoms with E-state index in [2.05, 4.69) is 15.9 Å². The summed E-state index contributed by atoms with van der Waals surface area (Å²) >= 11 is 8.38. The summed E-state index contributed by atoms with van der Waals surface area (Å²) in [6.07, 6.45) is 0. The Hall–Kier alpha value is -0.0951. The van der Waals surface area contributed by atoms with Crippen LogP contribution in [0, 0.1) is 5.82 Å². The fourth-order valence-electron chi connectivity index (χ4n) is 0.736. The van der Waals surface area contributed by atoms with Crippen molar-refractivity contribution >= 4 is 40.1 Å². The fourth-order valence-corrected chi connectivity index (χ4v) is 1.43. The van der Waals surface area contributed by atoms with Crippen LogP contribution in [0.3, 0.4) is 0 Å². The summed E-state index contributed by atoms with van der Waals surface area (Å²) in [5.41, 5.74) is 0.140. The molecule has 0 amide bonds. The molecule has 2 nitrogen and oxygen atoms in total. The molecule has 0 aliphatic heterocycles. The Morgan fingerprint density at radius 1 is 1.42 bits per heavy atom. The Bertz CT molecular complexity index is 308. The molecule has 0 saturated carbocycles. The predicted octanol–water partition coefficient (Wildman–Crippen LogP) is 0.921. The Morgan fingerprint density at radius 3 is 2.50 bits per heavy atom. The number of rotatable bonds is 1. The minimum atomic E-state index is -1.66. The van der Waals surface area contributed by atoms with E-state index in [4.69, 9.17) is 21.6 Å². The third-order valence-electron chi connectivity index (χ3n) is 1.32. The van der Waals surface area contributed by atoms with Crippen molar-refractivity contribution in [2.24, 2.45) is 0 Å². The summed E-state index contributed by atoms with van der Waals surface area (Å²) in [7, 11) is -1.66. The van der Waals surface area contributed by atoms with Gasteiger partial charge in [0.15, 0.2) is 0 Å². The SMILES string of the molecule is OB(O)c1cc(Cl)c(F)cc1Br. The molecule has 0 fully saturated rings. The Morgan fingerprint density at radius 2 is 2.00 bits per heavy atom. The lowest BCUT2D eigenvalue weighted by Crippen LogP contribution is -2.31. The second-order valence-corrected chi connectivity index (χ2v) is 3.42. The van der Waals surface area contributed by atoms with Gasteiger partial charge in [-0.15, -0.1) is 0 Å². The largest absolute Gasteiger partial charge is 0.489 e. The van der Waals surface area contributed by atoms with Crippen LogP contribution in [0.2, 0.25) is 5.02 Å². The second-order valence-electron chi connectivity index (χ2n) is 2.16. The van der Waals surface area contributed by atoms with Crippen LogP contribution in [0.25, 0.3) is 0 Å². The van der Waals surface area contributed by atoms with Crippen molar-refractivity contribution in [1.29, 1.82) is 0 Å². The molecular formula is C6H4BBrClFO2. The first kappa shape index (κ1) is 9.99. The van der Waals surface area contributed by atoms with E-state index in [9.17, 15) is 4.39 Å². The molecule has 0 aromatic heterocycles. The molecule has 1 rings (SSSR count). The third-order valence-corrected chi connectivity index (χ3v) is 2.29. The molecule has 0 saturated heterocycles. The average Bonchev–Trinajstić information content (AvgIpc) is 1.96. The maximum Gasteiger partial charge on any atom is 0.489 e. The van der Waals surface area contributed by atoms with Crippen molar-refractivity contribution < 1.29 is 14.4 Å². The first-order valence-electron chi connectivity index (χ1n) is 3.03. The van der Waals surface area contributed by atoms with Gasteiger partial charge in [-0.3, -0.25) is 0 Å². The Labute approximate surface area is 82.2 Å². The highest BCUT2D eigenvalue weighted by Gasteiger charge is 2.17. The normalized spacial score (nSPS) is 10.1. The van der Waals surface area contributed by atoms with Crippen LogP contribution in [0.15, 0.2) is 16.6 Å². The Balaban J connectivity index is 3.23. The molecule has 0 radical (unpaired) electrons. The molecule has 0 aliphatic carbocycles. The van der Waals surface area contributed by atoms with Gasteiger partial charge in [0.05, 0.1) is 5.02 Å². The zero-order valence-corrected chi connectivity index (χ0v) is 8.10. The van der Waals surface area contributed by atoms with Crippen molar-refractivity contribution in [1.82, 2.24) is 0 Å². The van der Waals surface area contributed by atoms with Gasteiger partial charge < -0.3 is 10.0 Å². The van der Waals surface area contributed by atoms with Crippen molar-refractivity contribution in [2.45, 2.75) is 0 Å². The van der Waals surface area contributed by atoms with Gasteiger partial charge in [-0.1, -0.05) is 27.5 Å². The highest BCUT2D eigenvalue weighted by Crippen LogP contribution is 2.17. The Kier molecular flexibility index (Phi) is 3.12. The molecular weight excluding hydrogens is 249 g/mol. The summed E-state index contributed by atoms with van der Waals surface area (Å²) in [6, 6.07) is 2.24. The molecule has 0 spiro atoms. The van der Waals surface area contributed by atoms with E-state index in [-0.39, 0.29) is 15.0 Å². The van der Waals surface area contributed by atoms with Gasteiger partial charge in [0.1, 0.15) is 5.82 Å². The smallest absolute Gasteiger partial charge is 0.423 e. The van der Waals surface area contributed by atoms with Crippen molar-refractivity contribution in [3.05, 3.63) is 27.4 Å². The number of hydrogen-bond donors (Lipinski definition) is 2. The predicted molar refractivity (Wildman–Crippen MR) is 48.9 cm³/mol. The van der Waals surface area contributed by atoms with E-state index >= 15 is 0 Å². The van der Waals surface area contributed by atoms with Gasteiger partial charge in [-0.25, -0.2) is 4.39 Å². The van der Waals surface area contributed by atoms with Gasteiger partial charge in [0.2, 0.25) is 0 Å². The van der Waals surface area contributed by atoms with Crippen molar-refractivity contribution in [3.8, 4) is 0 Å². The van der Waals surface area contributed by atoms with E-state index < -0.39 is 12.9 Å². The van der Waals surface area contributed by atoms with E-state index in [1.807, 2.05) is 0 Å². The topological polar surface area (TPSA) is 40.5 Å². The van der Waals surface area contributed by atoms with Crippen LogP contribution in [0.4, 0.5) is 4.39 Å². The molecule has 0 atom stereocenters. The van der Waals surface area contributed by atoms with Crippen molar-refractivity contribution in [3.63, 3.8) is 0 Å².